The first-order chi connectivity index (χ1) is 12.4. The molecule has 6 nitrogen and oxygen atoms in total. The number of carboxylic acids is 1. The highest BCUT2D eigenvalue weighted by Crippen LogP contribution is 2.29. The molecule has 0 radical (unpaired) electrons. The number of anilines is 3. The molecule has 26 heavy (non-hydrogen) atoms. The molecule has 1 heterocycles. The van der Waals surface area contributed by atoms with E-state index < -0.39 is 5.97 Å². The van der Waals surface area contributed by atoms with Gasteiger partial charge < -0.3 is 15.7 Å². The van der Waals surface area contributed by atoms with Gasteiger partial charge in [-0.2, -0.15) is 0 Å². The molecule has 3 N–H and O–H groups in total. The number of benzene rings is 2. The number of amides is 1. The van der Waals surface area contributed by atoms with Gasteiger partial charge in [0.2, 0.25) is 5.91 Å². The minimum atomic E-state index is -0.928. The Bertz CT molecular complexity index is 999. The fourth-order valence-corrected chi connectivity index (χ4v) is 2.76. The second kappa shape index (κ2) is 7.23. The van der Waals surface area contributed by atoms with Gasteiger partial charge in [-0.3, -0.25) is 14.6 Å². The fraction of sp³-hybridized carbons (Fsp3) is 0.150. The lowest BCUT2D eigenvalue weighted by molar-refractivity contribution is -0.136. The Kier molecular flexibility index (Phi) is 4.84. The second-order valence-electron chi connectivity index (χ2n) is 6.08. The van der Waals surface area contributed by atoms with Crippen molar-refractivity contribution < 1.29 is 14.7 Å². The van der Waals surface area contributed by atoms with Crippen molar-refractivity contribution in [1.82, 2.24) is 4.98 Å². The maximum Gasteiger partial charge on any atom is 0.309 e. The summed E-state index contributed by atoms with van der Waals surface area (Å²) in [5, 5.41) is 16.1. The van der Waals surface area contributed by atoms with Crippen LogP contribution in [-0.4, -0.2) is 22.0 Å². The summed E-state index contributed by atoms with van der Waals surface area (Å²) in [6.45, 7) is 3.42. The van der Waals surface area contributed by atoms with E-state index in [1.165, 1.54) is 6.92 Å². The van der Waals surface area contributed by atoms with Gasteiger partial charge in [0.1, 0.15) is 0 Å². The van der Waals surface area contributed by atoms with Gasteiger partial charge in [-0.25, -0.2) is 0 Å². The molecule has 0 spiro atoms. The van der Waals surface area contributed by atoms with Gasteiger partial charge in [-0.1, -0.05) is 24.3 Å². The van der Waals surface area contributed by atoms with Gasteiger partial charge in [0.25, 0.3) is 0 Å². The molecule has 2 aromatic carbocycles. The van der Waals surface area contributed by atoms with Gasteiger partial charge in [0.05, 0.1) is 17.6 Å². The molecule has 6 heteroatoms. The van der Waals surface area contributed by atoms with Crippen LogP contribution in [0.3, 0.4) is 0 Å². The third-order valence-electron chi connectivity index (χ3n) is 3.93. The van der Waals surface area contributed by atoms with E-state index >= 15 is 0 Å². The molecule has 1 aromatic heterocycles. The van der Waals surface area contributed by atoms with Crippen LogP contribution in [0.5, 0.6) is 0 Å². The lowest BCUT2D eigenvalue weighted by Crippen LogP contribution is -2.07. The molecule has 0 aliphatic heterocycles. The summed E-state index contributed by atoms with van der Waals surface area (Å²) in [5.41, 5.74) is 4.50. The molecule has 0 aliphatic rings. The van der Waals surface area contributed by atoms with Crippen molar-refractivity contribution in [2.24, 2.45) is 0 Å². The molecule has 0 unspecified atom stereocenters. The van der Waals surface area contributed by atoms with Crippen LogP contribution in [-0.2, 0) is 16.0 Å². The fourth-order valence-electron chi connectivity index (χ4n) is 2.76. The van der Waals surface area contributed by atoms with Crippen LogP contribution in [0.15, 0.2) is 48.5 Å². The van der Waals surface area contributed by atoms with Crippen LogP contribution in [0.2, 0.25) is 0 Å². The Morgan fingerprint density at radius 1 is 1.08 bits per heavy atom. The van der Waals surface area contributed by atoms with E-state index in [0.717, 1.165) is 27.8 Å². The van der Waals surface area contributed by atoms with Gasteiger partial charge in [-0.05, 0) is 36.8 Å². The summed E-state index contributed by atoms with van der Waals surface area (Å²) in [7, 11) is 0. The first-order valence-electron chi connectivity index (χ1n) is 8.18. The van der Waals surface area contributed by atoms with Crippen molar-refractivity contribution in [3.05, 3.63) is 59.8 Å². The number of carbonyl (C=O) groups excluding carboxylic acids is 1. The summed E-state index contributed by atoms with van der Waals surface area (Å²) in [4.78, 5) is 26.8. The first kappa shape index (κ1) is 17.4. The number of pyridine rings is 1. The molecule has 3 aromatic rings. The number of nitrogens with one attached hydrogen (secondary N) is 2. The number of rotatable bonds is 5. The SMILES string of the molecule is CC(=O)Nc1ccc(C)c(Nc2cc(CC(=O)O)nc3ccccc23)c1. The second-order valence-corrected chi connectivity index (χ2v) is 6.08. The minimum Gasteiger partial charge on any atom is -0.481 e. The zero-order chi connectivity index (χ0) is 18.7. The third-order valence-corrected chi connectivity index (χ3v) is 3.93. The Balaban J connectivity index is 2.05. The average Bonchev–Trinajstić information content (AvgIpc) is 2.57. The lowest BCUT2D eigenvalue weighted by atomic mass is 10.1. The quantitative estimate of drug-likeness (QED) is 0.650. The highest BCUT2D eigenvalue weighted by Gasteiger charge is 2.10. The molecule has 0 saturated carbocycles. The monoisotopic (exact) mass is 349 g/mol. The van der Waals surface area contributed by atoms with E-state index in [0.29, 0.717) is 11.4 Å². The predicted molar refractivity (Wildman–Crippen MR) is 102 cm³/mol. The normalized spacial score (nSPS) is 10.5. The van der Waals surface area contributed by atoms with Crippen LogP contribution < -0.4 is 10.6 Å². The largest absolute Gasteiger partial charge is 0.481 e. The molecule has 0 atom stereocenters. The van der Waals surface area contributed by atoms with Crippen LogP contribution in [0.25, 0.3) is 10.9 Å². The predicted octanol–water partition coefficient (Wildman–Crippen LogP) is 3.87. The number of hydrogen-bond donors (Lipinski definition) is 3. The Labute approximate surface area is 150 Å². The maximum atomic E-state index is 11.3. The molecule has 1 amide bonds. The van der Waals surface area contributed by atoms with Crippen LogP contribution in [0, 0.1) is 6.92 Å². The number of nitrogens with zero attached hydrogens (tertiary/aromatic N) is 1. The van der Waals surface area contributed by atoms with Crippen molar-refractivity contribution in [1.29, 1.82) is 0 Å². The summed E-state index contributed by atoms with van der Waals surface area (Å²) in [6, 6.07) is 14.9. The average molecular weight is 349 g/mol. The van der Waals surface area contributed by atoms with Crippen molar-refractivity contribution in [2.75, 3.05) is 10.6 Å². The van der Waals surface area contributed by atoms with E-state index in [2.05, 4.69) is 15.6 Å². The summed E-state index contributed by atoms with van der Waals surface area (Å²) in [5.74, 6) is -1.07. The number of aryl methyl sites for hydroxylation is 1. The smallest absolute Gasteiger partial charge is 0.309 e. The van der Waals surface area contributed by atoms with E-state index in [1.807, 2.05) is 49.4 Å². The highest BCUT2D eigenvalue weighted by molar-refractivity contribution is 5.95. The maximum absolute atomic E-state index is 11.3. The van der Waals surface area contributed by atoms with Crippen LogP contribution in [0.1, 0.15) is 18.2 Å². The summed E-state index contributed by atoms with van der Waals surface area (Å²) >= 11 is 0. The Morgan fingerprint density at radius 3 is 2.58 bits per heavy atom. The van der Waals surface area contributed by atoms with E-state index in [-0.39, 0.29) is 12.3 Å². The molecular weight excluding hydrogens is 330 g/mol. The van der Waals surface area contributed by atoms with Crippen molar-refractivity contribution in [2.45, 2.75) is 20.3 Å². The molecule has 0 bridgehead atoms. The van der Waals surface area contributed by atoms with Crippen molar-refractivity contribution in [3.63, 3.8) is 0 Å². The van der Waals surface area contributed by atoms with E-state index in [1.54, 1.807) is 6.07 Å². The molecule has 0 saturated heterocycles. The Hall–Kier alpha value is -3.41. The number of carboxylic acid groups (broad SMARTS) is 1. The first-order valence-corrected chi connectivity index (χ1v) is 8.18. The molecule has 3 rings (SSSR count). The van der Waals surface area contributed by atoms with Crippen LogP contribution >= 0.6 is 0 Å². The standard InChI is InChI=1S/C20H19N3O3/c1-12-7-8-14(21-13(2)24)9-18(12)23-19-10-15(11-20(25)26)22-17-6-4-3-5-16(17)19/h3-10H,11H2,1-2H3,(H,21,24)(H,22,23)(H,25,26). The molecule has 132 valence electrons. The zero-order valence-corrected chi connectivity index (χ0v) is 14.5. The number of aromatic nitrogens is 1. The van der Waals surface area contributed by atoms with Crippen molar-refractivity contribution in [3.8, 4) is 0 Å². The molecular formula is C20H19N3O3. The van der Waals surface area contributed by atoms with Crippen molar-refractivity contribution >= 4 is 39.8 Å². The summed E-state index contributed by atoms with van der Waals surface area (Å²) in [6.07, 6.45) is -0.148. The number of aliphatic carboxylic acids is 1. The molecule has 0 aliphatic carbocycles. The van der Waals surface area contributed by atoms with Crippen LogP contribution in [0.4, 0.5) is 17.1 Å². The van der Waals surface area contributed by atoms with Gasteiger partial charge in [0.15, 0.2) is 0 Å². The van der Waals surface area contributed by atoms with E-state index in [4.69, 9.17) is 5.11 Å². The third kappa shape index (κ3) is 3.97. The number of carbonyl (C=O) groups is 2. The topological polar surface area (TPSA) is 91.3 Å². The number of hydrogen-bond acceptors (Lipinski definition) is 4. The Morgan fingerprint density at radius 2 is 1.85 bits per heavy atom. The molecule has 0 fully saturated rings. The zero-order valence-electron chi connectivity index (χ0n) is 14.5. The minimum absolute atomic E-state index is 0.141. The van der Waals surface area contributed by atoms with Gasteiger partial charge in [-0.15, -0.1) is 0 Å². The number of fused-ring (bicyclic) bond motifs is 1. The van der Waals surface area contributed by atoms with Gasteiger partial charge >= 0.3 is 5.97 Å². The van der Waals surface area contributed by atoms with E-state index in [9.17, 15) is 9.59 Å². The van der Waals surface area contributed by atoms with Gasteiger partial charge in [0, 0.05) is 29.4 Å². The lowest BCUT2D eigenvalue weighted by Gasteiger charge is -2.15. The summed E-state index contributed by atoms with van der Waals surface area (Å²) < 4.78 is 0. The highest BCUT2D eigenvalue weighted by atomic mass is 16.4. The number of para-hydroxylation sites is 1.